The molecule has 136 valence electrons. The van der Waals surface area contributed by atoms with Crippen LogP contribution in [0.25, 0.3) is 0 Å². The normalized spacial score (nSPS) is 11.4. The average Bonchev–Trinajstić information content (AvgIpc) is 2.96. The summed E-state index contributed by atoms with van der Waals surface area (Å²) in [6.07, 6.45) is 0.327. The minimum absolute atomic E-state index is 0.0141. The van der Waals surface area contributed by atoms with Crippen LogP contribution in [0.4, 0.5) is 0 Å². The molecule has 10 nitrogen and oxygen atoms in total. The minimum Gasteiger partial charge on any atom is -0.481 e. The van der Waals surface area contributed by atoms with E-state index in [4.69, 9.17) is 14.6 Å². The van der Waals surface area contributed by atoms with E-state index in [9.17, 15) is 18.4 Å². The third-order valence-corrected chi connectivity index (χ3v) is 4.73. The Morgan fingerprint density at radius 2 is 1.96 bits per heavy atom. The van der Waals surface area contributed by atoms with Crippen LogP contribution in [0.1, 0.15) is 12.8 Å². The molecule has 0 fully saturated rings. The molecule has 0 unspecified atom stereocenters. The van der Waals surface area contributed by atoms with Crippen molar-refractivity contribution in [1.82, 2.24) is 5.16 Å². The second kappa shape index (κ2) is 8.44. The van der Waals surface area contributed by atoms with Crippen molar-refractivity contribution in [2.24, 2.45) is 0 Å². The van der Waals surface area contributed by atoms with Gasteiger partial charge in [-0.2, -0.15) is 0 Å². The fraction of sp³-hybridized carbons (Fsp3) is 0.357. The number of hydrogen-bond acceptors (Lipinski definition) is 8. The summed E-state index contributed by atoms with van der Waals surface area (Å²) < 4.78 is 39.6. The van der Waals surface area contributed by atoms with Crippen molar-refractivity contribution in [3.63, 3.8) is 0 Å². The lowest BCUT2D eigenvalue weighted by Crippen LogP contribution is -2.31. The summed E-state index contributed by atoms with van der Waals surface area (Å²) in [5, 5.41) is 22.7. The van der Waals surface area contributed by atoms with Crippen LogP contribution in [0, 0.1) is 5.21 Å². The molecule has 0 atom stereocenters. The Labute approximate surface area is 143 Å². The summed E-state index contributed by atoms with van der Waals surface area (Å²) in [5.74, 6) is -1.38. The zero-order valence-corrected chi connectivity index (χ0v) is 13.8. The highest BCUT2D eigenvalue weighted by Gasteiger charge is 2.35. The predicted molar refractivity (Wildman–Crippen MR) is 80.5 cm³/mol. The van der Waals surface area contributed by atoms with Crippen LogP contribution in [-0.4, -0.2) is 44.5 Å². The molecule has 0 saturated carbocycles. The van der Waals surface area contributed by atoms with Gasteiger partial charge in [-0.05, 0) is 23.5 Å². The Morgan fingerprint density at radius 3 is 2.64 bits per heavy atom. The van der Waals surface area contributed by atoms with Crippen molar-refractivity contribution in [2.45, 2.75) is 22.8 Å². The molecular weight excluding hydrogens is 356 g/mol. The van der Waals surface area contributed by atoms with E-state index in [1.807, 2.05) is 0 Å². The minimum atomic E-state index is -4.15. The van der Waals surface area contributed by atoms with Gasteiger partial charge < -0.3 is 19.8 Å². The van der Waals surface area contributed by atoms with E-state index in [0.717, 1.165) is 0 Å². The molecule has 25 heavy (non-hydrogen) atoms. The fourth-order valence-corrected chi connectivity index (χ4v) is 3.16. The molecule has 1 aromatic carbocycles. The number of benzene rings is 1. The smallest absolute Gasteiger partial charge is 0.415 e. The molecule has 11 heteroatoms. The van der Waals surface area contributed by atoms with Gasteiger partial charge in [0, 0.05) is 13.0 Å². The number of sulfone groups is 1. The number of carboxylic acids is 1. The molecule has 1 aromatic heterocycles. The van der Waals surface area contributed by atoms with Crippen molar-refractivity contribution in [3.8, 4) is 5.88 Å². The number of nitrogens with zero attached hydrogens (tertiary/aromatic N) is 2. The molecule has 0 bridgehead atoms. The molecule has 0 aliphatic heterocycles. The zero-order chi connectivity index (χ0) is 18.3. The molecule has 0 saturated heterocycles. The number of aliphatic carboxylic acids is 1. The molecule has 1 heterocycles. The van der Waals surface area contributed by atoms with Gasteiger partial charge in [-0.25, -0.2) is 8.42 Å². The summed E-state index contributed by atoms with van der Waals surface area (Å²) in [6.45, 7) is 0.193. The van der Waals surface area contributed by atoms with Gasteiger partial charge in [0.25, 0.3) is 9.84 Å². The van der Waals surface area contributed by atoms with Gasteiger partial charge >= 0.3 is 16.9 Å². The summed E-state index contributed by atoms with van der Waals surface area (Å²) in [5.41, 5.74) is 0. The number of carboxylic acid groups (broad SMARTS) is 1. The number of carbonyl (C=O) groups is 1. The Kier molecular flexibility index (Phi) is 6.31. The van der Waals surface area contributed by atoms with Crippen molar-refractivity contribution in [1.29, 1.82) is 0 Å². The lowest BCUT2D eigenvalue weighted by molar-refractivity contribution is -0.832. The maximum Gasteiger partial charge on any atom is 0.415 e. The second-order valence-electron chi connectivity index (χ2n) is 4.81. The van der Waals surface area contributed by atoms with Crippen molar-refractivity contribution >= 4 is 15.8 Å². The Morgan fingerprint density at radius 1 is 1.24 bits per heavy atom. The SMILES string of the molecule is O=C(O)CCCOCCOc1no[n+]([O-])c1S(=O)(=O)c1ccccc1. The molecule has 0 aliphatic carbocycles. The van der Waals surface area contributed by atoms with Gasteiger partial charge in [-0.15, -0.1) is 0 Å². The maximum atomic E-state index is 12.5. The van der Waals surface area contributed by atoms with Gasteiger partial charge in [0.2, 0.25) is 0 Å². The molecule has 2 rings (SSSR count). The third kappa shape index (κ3) is 4.90. The average molecular weight is 372 g/mol. The van der Waals surface area contributed by atoms with E-state index < -0.39 is 26.7 Å². The van der Waals surface area contributed by atoms with E-state index in [1.54, 1.807) is 6.07 Å². The quantitative estimate of drug-likeness (QED) is 0.463. The molecule has 2 aromatic rings. The number of rotatable bonds is 10. The second-order valence-corrected chi connectivity index (χ2v) is 6.68. The lowest BCUT2D eigenvalue weighted by atomic mass is 10.3. The molecule has 0 spiro atoms. The lowest BCUT2D eigenvalue weighted by Gasteiger charge is -2.04. The number of aromatic nitrogens is 2. The predicted octanol–water partition coefficient (Wildman–Crippen LogP) is 0.401. The van der Waals surface area contributed by atoms with Crippen molar-refractivity contribution in [2.75, 3.05) is 19.8 Å². The standard InChI is InChI=1S/C14H16N2O8S/c17-12(18)7-4-8-22-9-10-23-13-14(16(19)24-15-13)25(20,21)11-5-2-1-3-6-11/h1-3,5-6H,4,7-10H2,(H,17,18). The van der Waals surface area contributed by atoms with Gasteiger partial charge in [0.15, 0.2) is 0 Å². The van der Waals surface area contributed by atoms with Gasteiger partial charge in [-0.1, -0.05) is 18.2 Å². The fourth-order valence-electron chi connectivity index (χ4n) is 1.87. The highest BCUT2D eigenvalue weighted by Crippen LogP contribution is 2.24. The van der Waals surface area contributed by atoms with Crippen LogP contribution in [0.5, 0.6) is 5.88 Å². The summed E-state index contributed by atoms with van der Waals surface area (Å²) in [6, 6.07) is 7.33. The van der Waals surface area contributed by atoms with E-state index >= 15 is 0 Å². The summed E-state index contributed by atoms with van der Waals surface area (Å²) in [4.78, 5) is 10.0. The molecule has 0 aliphatic rings. The maximum absolute atomic E-state index is 12.5. The first-order chi connectivity index (χ1) is 11.9. The van der Waals surface area contributed by atoms with E-state index in [0.29, 0.717) is 6.42 Å². The van der Waals surface area contributed by atoms with E-state index in [2.05, 4.69) is 9.79 Å². The van der Waals surface area contributed by atoms with Crippen LogP contribution in [-0.2, 0) is 19.4 Å². The summed E-state index contributed by atoms with van der Waals surface area (Å²) in [7, 11) is -4.15. The topological polar surface area (TPSA) is 143 Å². The Balaban J connectivity index is 1.97. The van der Waals surface area contributed by atoms with E-state index in [1.165, 1.54) is 24.3 Å². The third-order valence-electron chi connectivity index (χ3n) is 3.00. The Hall–Kier alpha value is -2.66. The Bertz CT molecular complexity index is 803. The summed E-state index contributed by atoms with van der Waals surface area (Å²) >= 11 is 0. The van der Waals surface area contributed by atoms with Crippen LogP contribution >= 0.6 is 0 Å². The molecule has 0 amide bonds. The monoisotopic (exact) mass is 372 g/mol. The highest BCUT2D eigenvalue weighted by molar-refractivity contribution is 7.91. The number of hydrogen-bond donors (Lipinski definition) is 1. The zero-order valence-electron chi connectivity index (χ0n) is 13.0. The van der Waals surface area contributed by atoms with E-state index in [-0.39, 0.29) is 36.0 Å². The first-order valence-electron chi connectivity index (χ1n) is 7.25. The van der Waals surface area contributed by atoms with Crippen LogP contribution in [0.2, 0.25) is 0 Å². The first kappa shape index (κ1) is 18.7. The largest absolute Gasteiger partial charge is 0.481 e. The molecular formula is C14H16N2O8S. The first-order valence-corrected chi connectivity index (χ1v) is 8.73. The van der Waals surface area contributed by atoms with Crippen LogP contribution < -0.4 is 9.64 Å². The molecule has 1 N–H and O–H groups in total. The van der Waals surface area contributed by atoms with Gasteiger partial charge in [0.1, 0.15) is 6.61 Å². The molecule has 0 radical (unpaired) electrons. The number of ether oxygens (including phenoxy) is 2. The highest BCUT2D eigenvalue weighted by atomic mass is 32.2. The van der Waals surface area contributed by atoms with Gasteiger partial charge in [0.05, 0.1) is 16.7 Å². The van der Waals surface area contributed by atoms with Crippen LogP contribution in [0.15, 0.2) is 44.9 Å². The van der Waals surface area contributed by atoms with Crippen molar-refractivity contribution < 1.29 is 37.3 Å². The van der Waals surface area contributed by atoms with Gasteiger partial charge in [-0.3, -0.25) is 9.42 Å². The van der Waals surface area contributed by atoms with Crippen LogP contribution in [0.3, 0.4) is 0 Å². The van der Waals surface area contributed by atoms with Crippen molar-refractivity contribution in [3.05, 3.63) is 35.5 Å².